The van der Waals surface area contributed by atoms with E-state index in [4.69, 9.17) is 19.0 Å². The molecular formula is C26H34N2O7S. The third-order valence-electron chi connectivity index (χ3n) is 6.70. The Bertz CT molecular complexity index is 1140. The van der Waals surface area contributed by atoms with Crippen LogP contribution in [0.25, 0.3) is 0 Å². The predicted octanol–water partition coefficient (Wildman–Crippen LogP) is 3.17. The normalized spacial score (nSPS) is 23.4. The molecule has 2 aromatic carbocycles. The fourth-order valence-electron chi connectivity index (χ4n) is 4.81. The summed E-state index contributed by atoms with van der Waals surface area (Å²) in [6, 6.07) is 14.7. The van der Waals surface area contributed by atoms with Crippen LogP contribution in [0, 0.1) is 5.92 Å². The molecule has 0 N–H and O–H groups in total. The number of hydrogen-bond donors (Lipinski definition) is 0. The van der Waals surface area contributed by atoms with Crippen LogP contribution in [0.1, 0.15) is 36.9 Å². The number of esters is 1. The Morgan fingerprint density at radius 1 is 1.14 bits per heavy atom. The van der Waals surface area contributed by atoms with Crippen molar-refractivity contribution in [3.8, 4) is 11.5 Å². The average Bonchev–Trinajstić information content (AvgIpc) is 3.30. The van der Waals surface area contributed by atoms with E-state index in [2.05, 4.69) is 0 Å². The number of benzene rings is 2. The van der Waals surface area contributed by atoms with Crippen molar-refractivity contribution in [3.63, 3.8) is 0 Å². The number of methoxy groups -OCH3 is 1. The molecule has 2 aromatic rings. The second-order valence-corrected chi connectivity index (χ2v) is 11.2. The summed E-state index contributed by atoms with van der Waals surface area (Å²) in [7, 11) is -0.480. The van der Waals surface area contributed by atoms with Gasteiger partial charge >= 0.3 is 5.97 Å². The molecule has 2 fully saturated rings. The second-order valence-electron chi connectivity index (χ2n) is 9.00. The molecular weight excluding hydrogens is 484 g/mol. The van der Waals surface area contributed by atoms with Gasteiger partial charge in [-0.2, -0.15) is 5.06 Å². The van der Waals surface area contributed by atoms with Gasteiger partial charge < -0.3 is 14.2 Å². The van der Waals surface area contributed by atoms with Gasteiger partial charge in [0.1, 0.15) is 11.9 Å². The lowest BCUT2D eigenvalue weighted by molar-refractivity contribution is -0.149. The SMILES string of the molecule is CCOC(=O)[C@@H]1CCCN(S(=O)(=O)[C@H]2CON(C)[C@@H]2c2ccc(OCc3ccccc3)c(OC)c2)C1. The lowest BCUT2D eigenvalue weighted by Crippen LogP contribution is -2.48. The van der Waals surface area contributed by atoms with E-state index in [9.17, 15) is 13.2 Å². The first-order chi connectivity index (χ1) is 17.3. The highest BCUT2D eigenvalue weighted by Crippen LogP contribution is 2.39. The van der Waals surface area contributed by atoms with Gasteiger partial charge in [0, 0.05) is 20.1 Å². The lowest BCUT2D eigenvalue weighted by atomic mass is 10.0. The maximum absolute atomic E-state index is 13.7. The van der Waals surface area contributed by atoms with Crippen molar-refractivity contribution in [1.82, 2.24) is 9.37 Å². The summed E-state index contributed by atoms with van der Waals surface area (Å²) >= 11 is 0. The molecule has 10 heteroatoms. The minimum absolute atomic E-state index is 0.0264. The molecule has 3 atom stereocenters. The first-order valence-corrected chi connectivity index (χ1v) is 13.7. The second kappa shape index (κ2) is 11.6. The van der Waals surface area contributed by atoms with E-state index in [1.165, 1.54) is 4.31 Å². The van der Waals surface area contributed by atoms with Crippen LogP contribution in [-0.4, -0.2) is 69.5 Å². The molecule has 4 rings (SSSR count). The molecule has 0 spiro atoms. The van der Waals surface area contributed by atoms with Crippen molar-refractivity contribution in [2.24, 2.45) is 5.92 Å². The predicted molar refractivity (Wildman–Crippen MR) is 134 cm³/mol. The summed E-state index contributed by atoms with van der Waals surface area (Å²) in [5.41, 5.74) is 1.77. The summed E-state index contributed by atoms with van der Waals surface area (Å²) in [5.74, 6) is 0.289. The van der Waals surface area contributed by atoms with Crippen molar-refractivity contribution in [1.29, 1.82) is 0 Å². The van der Waals surface area contributed by atoms with E-state index in [1.807, 2.05) is 36.4 Å². The molecule has 0 unspecified atom stereocenters. The highest BCUT2D eigenvalue weighted by Gasteiger charge is 2.47. The van der Waals surface area contributed by atoms with Gasteiger partial charge in [-0.1, -0.05) is 36.4 Å². The zero-order chi connectivity index (χ0) is 25.7. The molecule has 0 aromatic heterocycles. The van der Waals surface area contributed by atoms with Crippen molar-refractivity contribution >= 4 is 16.0 Å². The van der Waals surface area contributed by atoms with Crippen molar-refractivity contribution in [2.75, 3.05) is 40.5 Å². The Morgan fingerprint density at radius 3 is 2.64 bits per heavy atom. The third-order valence-corrected chi connectivity index (χ3v) is 8.91. The lowest BCUT2D eigenvalue weighted by Gasteiger charge is -2.34. The van der Waals surface area contributed by atoms with Crippen LogP contribution in [0.15, 0.2) is 48.5 Å². The first kappa shape index (κ1) is 26.4. The van der Waals surface area contributed by atoms with Gasteiger partial charge in [-0.25, -0.2) is 12.7 Å². The molecule has 0 amide bonds. The molecule has 2 heterocycles. The Labute approximate surface area is 212 Å². The van der Waals surface area contributed by atoms with Crippen LogP contribution in [0.5, 0.6) is 11.5 Å². The zero-order valence-corrected chi connectivity index (χ0v) is 21.8. The maximum Gasteiger partial charge on any atom is 0.310 e. The molecule has 0 saturated carbocycles. The number of sulfonamides is 1. The van der Waals surface area contributed by atoms with Crippen LogP contribution >= 0.6 is 0 Å². The van der Waals surface area contributed by atoms with Crippen LogP contribution < -0.4 is 9.47 Å². The van der Waals surface area contributed by atoms with Gasteiger partial charge in [-0.05, 0) is 43.0 Å². The fourth-order valence-corrected chi connectivity index (χ4v) is 6.85. The number of carbonyl (C=O) groups is 1. The summed E-state index contributed by atoms with van der Waals surface area (Å²) in [6.07, 6.45) is 1.23. The maximum atomic E-state index is 13.7. The first-order valence-electron chi connectivity index (χ1n) is 12.2. The summed E-state index contributed by atoms with van der Waals surface area (Å²) in [4.78, 5) is 18.0. The van der Waals surface area contributed by atoms with E-state index in [-0.39, 0.29) is 25.7 Å². The highest BCUT2D eigenvalue weighted by molar-refractivity contribution is 7.89. The number of rotatable bonds is 9. The van der Waals surface area contributed by atoms with Crippen molar-refractivity contribution in [3.05, 3.63) is 59.7 Å². The minimum Gasteiger partial charge on any atom is -0.493 e. The third kappa shape index (κ3) is 5.67. The highest BCUT2D eigenvalue weighted by atomic mass is 32.2. The number of nitrogens with zero attached hydrogens (tertiary/aromatic N) is 2. The Balaban J connectivity index is 1.54. The number of hydroxylamine groups is 2. The van der Waals surface area contributed by atoms with Crippen molar-refractivity contribution < 1.29 is 32.3 Å². The molecule has 9 nitrogen and oxygen atoms in total. The van der Waals surface area contributed by atoms with Gasteiger partial charge in [-0.3, -0.25) is 9.63 Å². The summed E-state index contributed by atoms with van der Waals surface area (Å²) < 4.78 is 45.6. The van der Waals surface area contributed by atoms with Crippen LogP contribution in [0.4, 0.5) is 0 Å². The van der Waals surface area contributed by atoms with Crippen LogP contribution in [0.3, 0.4) is 0 Å². The largest absolute Gasteiger partial charge is 0.493 e. The fraction of sp³-hybridized carbons (Fsp3) is 0.500. The number of piperidine rings is 1. The smallest absolute Gasteiger partial charge is 0.310 e. The molecule has 2 aliphatic rings. The van der Waals surface area contributed by atoms with E-state index in [0.717, 1.165) is 11.1 Å². The number of ether oxygens (including phenoxy) is 3. The average molecular weight is 519 g/mol. The summed E-state index contributed by atoms with van der Waals surface area (Å²) in [5, 5.41) is 0.748. The van der Waals surface area contributed by atoms with E-state index in [0.29, 0.717) is 37.5 Å². The molecule has 0 bridgehead atoms. The van der Waals surface area contributed by atoms with Crippen molar-refractivity contribution in [2.45, 2.75) is 37.7 Å². The monoisotopic (exact) mass is 518 g/mol. The summed E-state index contributed by atoms with van der Waals surface area (Å²) in [6.45, 7) is 2.94. The van der Waals surface area contributed by atoms with Crippen LogP contribution in [0.2, 0.25) is 0 Å². The molecule has 2 aliphatic heterocycles. The Kier molecular flexibility index (Phi) is 8.50. The van der Waals surface area contributed by atoms with E-state index < -0.39 is 27.2 Å². The topological polar surface area (TPSA) is 94.6 Å². The molecule has 0 aliphatic carbocycles. The number of hydrogen-bond acceptors (Lipinski definition) is 8. The van der Waals surface area contributed by atoms with Gasteiger partial charge in [-0.15, -0.1) is 0 Å². The molecule has 2 saturated heterocycles. The quantitative estimate of drug-likeness (QED) is 0.468. The molecule has 0 radical (unpaired) electrons. The van der Waals surface area contributed by atoms with E-state index >= 15 is 0 Å². The molecule has 36 heavy (non-hydrogen) atoms. The van der Waals surface area contributed by atoms with Gasteiger partial charge in [0.05, 0.1) is 32.3 Å². The Hall–Kier alpha value is -2.66. The zero-order valence-electron chi connectivity index (χ0n) is 21.0. The standard InChI is InChI=1S/C26H34N2O7S/c1-4-33-26(29)21-11-8-14-28(16-21)36(30,31)24-18-35-27(2)25(24)20-12-13-22(23(15-20)32-3)34-17-19-9-6-5-7-10-19/h5-7,9-10,12-13,15,21,24-25H,4,8,11,14,16-18H2,1-3H3/t21-,24+,25-/m1/s1. The van der Waals surface area contributed by atoms with Gasteiger partial charge in [0.25, 0.3) is 0 Å². The molecule has 196 valence electrons. The number of carbonyl (C=O) groups excluding carboxylic acids is 1. The van der Waals surface area contributed by atoms with E-state index in [1.54, 1.807) is 38.3 Å². The minimum atomic E-state index is -3.76. The van der Waals surface area contributed by atoms with Crippen LogP contribution in [-0.2, 0) is 31.0 Å². The van der Waals surface area contributed by atoms with Gasteiger partial charge in [0.2, 0.25) is 10.0 Å². The Morgan fingerprint density at radius 2 is 1.92 bits per heavy atom. The van der Waals surface area contributed by atoms with Gasteiger partial charge in [0.15, 0.2) is 11.5 Å².